The number of unbranched alkanes of at least 4 members (excludes halogenated alkanes) is 25. The molecule has 0 aromatic heterocycles. The summed E-state index contributed by atoms with van der Waals surface area (Å²) in [5.41, 5.74) is 0. The molecule has 7 heteroatoms. The average Bonchev–Trinajstić information content (AvgIpc) is 2.94. The summed E-state index contributed by atoms with van der Waals surface area (Å²) in [6, 6.07) is -0.962. The minimum absolute atomic E-state index is 0.244. The number of aliphatic hydroxyl groups excluding tert-OH is 1. The topological polar surface area (TPSA) is 104 Å². The Morgan fingerprint density at radius 2 is 0.857 bits per heavy atom. The maximum atomic E-state index is 12.4. The third-order valence-corrected chi connectivity index (χ3v) is 9.34. The Hall–Kier alpha value is -0.660. The number of hydrogen-bond acceptors (Lipinski definition) is 4. The zero-order valence-corrected chi connectivity index (χ0v) is 28.7. The Labute approximate surface area is 261 Å². The van der Waals surface area contributed by atoms with Crippen LogP contribution in [0.4, 0.5) is 0 Å². The number of hydrogen-bond donors (Lipinski definition) is 3. The number of aliphatic hydroxyl groups is 1. The van der Waals surface area contributed by atoms with Crippen LogP contribution >= 0.6 is 0 Å². The summed E-state index contributed by atoms with van der Waals surface area (Å²) in [7, 11) is -4.30. The van der Waals surface area contributed by atoms with E-state index in [0.717, 1.165) is 38.5 Å². The molecule has 2 atom stereocenters. The number of carbonyl (C=O) groups excluding carboxylic acids is 1. The number of amides is 1. The van der Waals surface area contributed by atoms with Gasteiger partial charge in [0, 0.05) is 6.42 Å². The lowest BCUT2D eigenvalue weighted by molar-refractivity contribution is -0.122. The predicted molar refractivity (Wildman–Crippen MR) is 180 cm³/mol. The van der Waals surface area contributed by atoms with Crippen LogP contribution in [0.5, 0.6) is 0 Å². The third-order valence-electron chi connectivity index (χ3n) is 8.56. The van der Waals surface area contributed by atoms with Crippen molar-refractivity contribution in [2.75, 3.05) is 5.75 Å². The molecule has 0 heterocycles. The molecule has 0 spiro atoms. The van der Waals surface area contributed by atoms with Gasteiger partial charge < -0.3 is 10.4 Å². The molecule has 252 valence electrons. The molecule has 0 saturated carbocycles. The first-order chi connectivity index (χ1) is 20.3. The van der Waals surface area contributed by atoms with Gasteiger partial charge in [-0.15, -0.1) is 0 Å². The number of nitrogens with one attached hydrogen (secondary N) is 1. The SMILES string of the molecule is CCCCCCCCCCCCCCCCCC(O)C(CS(=O)(=O)O)NC(=O)CCCCCCCCCCCCCC. The van der Waals surface area contributed by atoms with Gasteiger partial charge in [-0.2, -0.15) is 8.42 Å². The molecule has 0 aromatic carbocycles. The molecule has 42 heavy (non-hydrogen) atoms. The monoisotopic (exact) mass is 618 g/mol. The molecule has 0 saturated heterocycles. The summed E-state index contributed by atoms with van der Waals surface area (Å²) < 4.78 is 32.4. The standard InChI is InChI=1S/C35H71NO5S/c1-3-5-7-9-11-13-15-17-18-19-20-22-24-26-28-30-34(37)33(32-42(39,40)41)36-35(38)31-29-27-25-23-21-16-14-12-10-8-6-4-2/h33-34,37H,3-32H2,1-2H3,(H,36,38)(H,39,40,41). The zero-order valence-electron chi connectivity index (χ0n) is 27.9. The van der Waals surface area contributed by atoms with Crippen molar-refractivity contribution in [3.05, 3.63) is 0 Å². The normalized spacial score (nSPS) is 13.3. The van der Waals surface area contributed by atoms with E-state index in [9.17, 15) is 22.9 Å². The minimum atomic E-state index is -4.30. The molecule has 0 aliphatic rings. The highest BCUT2D eigenvalue weighted by molar-refractivity contribution is 7.85. The van der Waals surface area contributed by atoms with Crippen LogP contribution in [-0.4, -0.2) is 41.9 Å². The molecule has 1 amide bonds. The number of rotatable bonds is 33. The average molecular weight is 618 g/mol. The lowest BCUT2D eigenvalue weighted by atomic mass is 10.0. The van der Waals surface area contributed by atoms with Gasteiger partial charge in [0.05, 0.1) is 17.9 Å². The highest BCUT2D eigenvalue weighted by Crippen LogP contribution is 2.16. The van der Waals surface area contributed by atoms with E-state index in [1.54, 1.807) is 0 Å². The van der Waals surface area contributed by atoms with Gasteiger partial charge in [0.25, 0.3) is 10.1 Å². The van der Waals surface area contributed by atoms with Crippen LogP contribution in [0.1, 0.15) is 200 Å². The van der Waals surface area contributed by atoms with E-state index in [2.05, 4.69) is 19.2 Å². The van der Waals surface area contributed by atoms with Crippen molar-refractivity contribution in [3.8, 4) is 0 Å². The summed E-state index contributed by atoms with van der Waals surface area (Å²) in [6.07, 6.45) is 33.3. The van der Waals surface area contributed by atoms with Crippen molar-refractivity contribution in [2.45, 2.75) is 212 Å². The van der Waals surface area contributed by atoms with E-state index >= 15 is 0 Å². The minimum Gasteiger partial charge on any atom is -0.391 e. The fourth-order valence-corrected chi connectivity index (χ4v) is 6.57. The van der Waals surface area contributed by atoms with Crippen molar-refractivity contribution < 1.29 is 22.9 Å². The van der Waals surface area contributed by atoms with E-state index < -0.39 is 28.0 Å². The summed E-state index contributed by atoms with van der Waals surface area (Å²) in [5.74, 6) is -0.886. The summed E-state index contributed by atoms with van der Waals surface area (Å²) in [5, 5.41) is 13.3. The van der Waals surface area contributed by atoms with Gasteiger partial charge >= 0.3 is 0 Å². The highest BCUT2D eigenvalue weighted by Gasteiger charge is 2.26. The lowest BCUT2D eigenvalue weighted by Gasteiger charge is -2.23. The third kappa shape index (κ3) is 30.8. The highest BCUT2D eigenvalue weighted by atomic mass is 32.2. The zero-order chi connectivity index (χ0) is 31.2. The van der Waals surface area contributed by atoms with Gasteiger partial charge in [0.2, 0.25) is 5.91 Å². The van der Waals surface area contributed by atoms with Gasteiger partial charge in [0.15, 0.2) is 0 Å². The van der Waals surface area contributed by atoms with Crippen molar-refractivity contribution >= 4 is 16.0 Å². The molecule has 0 aliphatic heterocycles. The molecular formula is C35H71NO5S. The van der Waals surface area contributed by atoms with E-state index in [0.29, 0.717) is 12.8 Å². The van der Waals surface area contributed by atoms with Crippen molar-refractivity contribution in [1.29, 1.82) is 0 Å². The van der Waals surface area contributed by atoms with Crippen LogP contribution < -0.4 is 5.32 Å². The van der Waals surface area contributed by atoms with Crippen LogP contribution in [0.3, 0.4) is 0 Å². The van der Waals surface area contributed by atoms with Crippen LogP contribution in [0.2, 0.25) is 0 Å². The Morgan fingerprint density at radius 3 is 1.19 bits per heavy atom. The van der Waals surface area contributed by atoms with E-state index in [1.807, 2.05) is 0 Å². The van der Waals surface area contributed by atoms with Gasteiger partial charge in [-0.1, -0.05) is 181 Å². The molecule has 0 bridgehead atoms. The van der Waals surface area contributed by atoms with Crippen molar-refractivity contribution in [2.24, 2.45) is 0 Å². The number of carbonyl (C=O) groups is 1. The molecule has 0 fully saturated rings. The van der Waals surface area contributed by atoms with Crippen molar-refractivity contribution in [1.82, 2.24) is 5.32 Å². The van der Waals surface area contributed by atoms with Crippen molar-refractivity contribution in [3.63, 3.8) is 0 Å². The van der Waals surface area contributed by atoms with Crippen LogP contribution in [0.15, 0.2) is 0 Å². The molecule has 2 unspecified atom stereocenters. The Balaban J connectivity index is 3.89. The van der Waals surface area contributed by atoms with E-state index in [4.69, 9.17) is 0 Å². The molecule has 0 aliphatic carbocycles. The summed E-state index contributed by atoms with van der Waals surface area (Å²) in [4.78, 5) is 12.4. The second kappa shape index (κ2) is 30.4. The molecule has 3 N–H and O–H groups in total. The van der Waals surface area contributed by atoms with Gasteiger partial charge in [0.1, 0.15) is 0 Å². The molecule has 6 nitrogen and oxygen atoms in total. The largest absolute Gasteiger partial charge is 0.391 e. The molecular weight excluding hydrogens is 546 g/mol. The van der Waals surface area contributed by atoms with Gasteiger partial charge in [-0.25, -0.2) is 0 Å². The van der Waals surface area contributed by atoms with E-state index in [1.165, 1.54) is 135 Å². The quantitative estimate of drug-likeness (QED) is 0.0502. The first-order valence-electron chi connectivity index (χ1n) is 18.2. The van der Waals surface area contributed by atoms with Crippen LogP contribution in [0.25, 0.3) is 0 Å². The first-order valence-corrected chi connectivity index (χ1v) is 19.8. The second-order valence-electron chi connectivity index (χ2n) is 12.9. The van der Waals surface area contributed by atoms with Gasteiger partial charge in [-0.05, 0) is 12.8 Å². The fraction of sp³-hybridized carbons (Fsp3) is 0.971. The first kappa shape index (κ1) is 41.3. The van der Waals surface area contributed by atoms with Crippen LogP contribution in [-0.2, 0) is 14.9 Å². The Bertz CT molecular complexity index is 685. The molecule has 0 radical (unpaired) electrons. The predicted octanol–water partition coefficient (Wildman–Crippen LogP) is 10.1. The maximum absolute atomic E-state index is 12.4. The fourth-order valence-electron chi connectivity index (χ4n) is 5.81. The lowest BCUT2D eigenvalue weighted by Crippen LogP contribution is -2.47. The second-order valence-corrected chi connectivity index (χ2v) is 14.4. The van der Waals surface area contributed by atoms with Crippen LogP contribution in [0, 0.1) is 0 Å². The summed E-state index contributed by atoms with van der Waals surface area (Å²) >= 11 is 0. The Kier molecular flexibility index (Phi) is 29.9. The van der Waals surface area contributed by atoms with Gasteiger partial charge in [-0.3, -0.25) is 9.35 Å². The Morgan fingerprint density at radius 1 is 0.548 bits per heavy atom. The summed E-state index contributed by atoms with van der Waals surface area (Å²) in [6.45, 7) is 4.50. The maximum Gasteiger partial charge on any atom is 0.266 e. The molecule has 0 aromatic rings. The smallest absolute Gasteiger partial charge is 0.266 e. The van der Waals surface area contributed by atoms with E-state index in [-0.39, 0.29) is 5.91 Å². The molecule has 0 rings (SSSR count).